The van der Waals surface area contributed by atoms with Crippen LogP contribution < -0.4 is 21.0 Å². The maximum absolute atomic E-state index is 12.6. The molecule has 2 aromatic rings. The average Bonchev–Trinajstić information content (AvgIpc) is 2.92. The van der Waals surface area contributed by atoms with Crippen molar-refractivity contribution >= 4 is 28.7 Å². The summed E-state index contributed by atoms with van der Waals surface area (Å²) in [6.07, 6.45) is 7.09. The normalized spacial score (nSPS) is 20.8. The largest absolute Gasteiger partial charge is 0.483 e. The number of likely N-dealkylation sites (tertiary alicyclic amines) is 1. The zero-order valence-electron chi connectivity index (χ0n) is 22.8. The number of carbonyl (C=O) groups excluding carboxylic acids is 3. The molecule has 10 heteroatoms. The highest BCUT2D eigenvalue weighted by atomic mass is 16.5. The first-order valence-corrected chi connectivity index (χ1v) is 13.9. The fourth-order valence-corrected chi connectivity index (χ4v) is 5.66. The summed E-state index contributed by atoms with van der Waals surface area (Å²) in [5.74, 6) is -0.672. The molecule has 2 aliphatic rings. The summed E-state index contributed by atoms with van der Waals surface area (Å²) in [7, 11) is 0. The minimum Gasteiger partial charge on any atom is -0.483 e. The molecule has 212 valence electrons. The van der Waals surface area contributed by atoms with Gasteiger partial charge in [0.15, 0.2) is 6.61 Å². The highest BCUT2D eigenvalue weighted by molar-refractivity contribution is 5.89. The summed E-state index contributed by atoms with van der Waals surface area (Å²) in [5.41, 5.74) is 0.901. The van der Waals surface area contributed by atoms with Gasteiger partial charge >= 0.3 is 5.63 Å². The number of aryl methyl sites for hydroxylation is 2. The van der Waals surface area contributed by atoms with E-state index in [1.807, 2.05) is 6.07 Å². The van der Waals surface area contributed by atoms with Crippen LogP contribution in [0.5, 0.6) is 5.75 Å². The van der Waals surface area contributed by atoms with Gasteiger partial charge in [-0.25, -0.2) is 4.79 Å². The Balaban J connectivity index is 1.22. The molecule has 2 atom stereocenters. The Morgan fingerprint density at radius 2 is 1.95 bits per heavy atom. The number of carbonyl (C=O) groups is 3. The summed E-state index contributed by atoms with van der Waals surface area (Å²) in [6.45, 7) is 4.08. The molecule has 0 unspecified atom stereocenters. The third-order valence-electron chi connectivity index (χ3n) is 8.02. The molecule has 0 bridgehead atoms. The Morgan fingerprint density at radius 3 is 2.74 bits per heavy atom. The number of nitrogens with one attached hydrogen (secondary N) is 2. The average molecular weight is 542 g/mol. The van der Waals surface area contributed by atoms with E-state index in [9.17, 15) is 24.3 Å². The van der Waals surface area contributed by atoms with E-state index in [0.29, 0.717) is 36.4 Å². The van der Waals surface area contributed by atoms with Gasteiger partial charge in [0.2, 0.25) is 11.8 Å². The van der Waals surface area contributed by atoms with Crippen LogP contribution in [0.3, 0.4) is 0 Å². The van der Waals surface area contributed by atoms with Crippen molar-refractivity contribution < 1.29 is 28.6 Å². The van der Waals surface area contributed by atoms with Gasteiger partial charge in [-0.05, 0) is 56.7 Å². The molecule has 1 aliphatic carbocycles. The van der Waals surface area contributed by atoms with Crippen LogP contribution in [0.25, 0.3) is 11.0 Å². The topological polar surface area (TPSA) is 138 Å². The number of aliphatic hydroxyl groups is 1. The molecule has 1 aromatic carbocycles. The molecule has 3 N–H and O–H groups in total. The summed E-state index contributed by atoms with van der Waals surface area (Å²) in [5, 5.41) is 16.7. The first-order chi connectivity index (χ1) is 18.7. The Bertz CT molecular complexity index is 1270. The first kappa shape index (κ1) is 28.6. The molecule has 10 nitrogen and oxygen atoms in total. The lowest BCUT2D eigenvalue weighted by Crippen LogP contribution is -2.56. The number of amides is 3. The van der Waals surface area contributed by atoms with E-state index in [1.165, 1.54) is 6.07 Å². The second-order valence-corrected chi connectivity index (χ2v) is 10.7. The quantitative estimate of drug-likeness (QED) is 0.392. The summed E-state index contributed by atoms with van der Waals surface area (Å²) in [6, 6.07) is 5.09. The van der Waals surface area contributed by atoms with Crippen LogP contribution in [0.1, 0.15) is 63.0 Å². The van der Waals surface area contributed by atoms with Gasteiger partial charge in [-0.1, -0.05) is 26.2 Å². The molecular formula is C29H39N3O7. The maximum atomic E-state index is 12.6. The molecule has 1 aliphatic heterocycles. The Morgan fingerprint density at radius 1 is 1.15 bits per heavy atom. The summed E-state index contributed by atoms with van der Waals surface area (Å²) < 4.78 is 11.1. The number of ether oxygens (including phenoxy) is 1. The molecule has 4 rings (SSSR count). The Hall–Kier alpha value is -3.40. The molecular weight excluding hydrogens is 502 g/mol. The number of rotatable bonds is 10. The third-order valence-corrected chi connectivity index (χ3v) is 8.02. The van der Waals surface area contributed by atoms with Crippen molar-refractivity contribution in [3.63, 3.8) is 0 Å². The summed E-state index contributed by atoms with van der Waals surface area (Å²) >= 11 is 0. The number of benzene rings is 1. The van der Waals surface area contributed by atoms with Gasteiger partial charge in [-0.2, -0.15) is 0 Å². The highest BCUT2D eigenvalue weighted by Gasteiger charge is 2.43. The fourth-order valence-electron chi connectivity index (χ4n) is 5.66. The molecule has 1 saturated heterocycles. The molecule has 0 radical (unpaired) electrons. The van der Waals surface area contributed by atoms with Crippen LogP contribution in [0.15, 0.2) is 27.4 Å². The Kier molecular flexibility index (Phi) is 9.27. The number of piperidine rings is 1. The van der Waals surface area contributed by atoms with E-state index in [0.717, 1.165) is 55.9 Å². The highest BCUT2D eigenvalue weighted by Crippen LogP contribution is 2.39. The molecule has 3 amide bonds. The van der Waals surface area contributed by atoms with Gasteiger partial charge in [-0.15, -0.1) is 0 Å². The van der Waals surface area contributed by atoms with Crippen molar-refractivity contribution in [2.75, 3.05) is 32.8 Å². The fraction of sp³-hybridized carbons (Fsp3) is 0.586. The van der Waals surface area contributed by atoms with Gasteiger partial charge in [0.1, 0.15) is 11.3 Å². The molecule has 2 heterocycles. The lowest BCUT2D eigenvalue weighted by molar-refractivity contribution is -0.143. The van der Waals surface area contributed by atoms with Gasteiger partial charge < -0.3 is 29.8 Å². The predicted molar refractivity (Wildman–Crippen MR) is 145 cm³/mol. The minimum absolute atomic E-state index is 0.0873. The summed E-state index contributed by atoms with van der Waals surface area (Å²) in [4.78, 5) is 50.8. The molecule has 1 aromatic heterocycles. The van der Waals surface area contributed by atoms with Crippen molar-refractivity contribution in [2.45, 2.75) is 70.8 Å². The van der Waals surface area contributed by atoms with Gasteiger partial charge in [0.05, 0.1) is 18.7 Å². The van der Waals surface area contributed by atoms with E-state index in [1.54, 1.807) is 17.9 Å². The lowest BCUT2D eigenvalue weighted by atomic mass is 9.71. The van der Waals surface area contributed by atoms with Crippen molar-refractivity contribution in [2.24, 2.45) is 5.92 Å². The van der Waals surface area contributed by atoms with Crippen molar-refractivity contribution in [1.82, 2.24) is 15.5 Å². The number of nitrogens with zero attached hydrogens (tertiary/aromatic N) is 1. The molecule has 0 spiro atoms. The molecule has 39 heavy (non-hydrogen) atoms. The van der Waals surface area contributed by atoms with Gasteiger partial charge in [0, 0.05) is 36.0 Å². The number of hydrogen-bond donors (Lipinski definition) is 3. The minimum atomic E-state index is -0.665. The predicted octanol–water partition coefficient (Wildman–Crippen LogP) is 2.21. The van der Waals surface area contributed by atoms with Gasteiger partial charge in [-0.3, -0.25) is 14.4 Å². The van der Waals surface area contributed by atoms with E-state index in [4.69, 9.17) is 9.15 Å². The van der Waals surface area contributed by atoms with Crippen LogP contribution in [0, 0.1) is 12.8 Å². The van der Waals surface area contributed by atoms with E-state index in [-0.39, 0.29) is 31.5 Å². The standard InChI is InChI=1S/C29H39N3O7/c1-3-4-7-20-14-27(36)39-28-19(2)23(10-9-22(20)28)38-18-25(34)30-15-24(33)31-16-26(35)32-13-12-29(37)11-6-5-8-21(29)17-32/h9-10,14,21,37H,3-8,11-13,15-18H2,1-2H3,(H,30,34)(H,31,33)/t21-,29-/m0/s1. The van der Waals surface area contributed by atoms with Crippen molar-refractivity contribution in [3.8, 4) is 5.75 Å². The third kappa shape index (κ3) is 6.98. The zero-order chi connectivity index (χ0) is 28.0. The van der Waals surface area contributed by atoms with Crippen LogP contribution in [-0.4, -0.2) is 66.1 Å². The number of hydrogen-bond acceptors (Lipinski definition) is 7. The number of unbranched alkanes of at least 4 members (excludes halogenated alkanes) is 1. The van der Waals surface area contributed by atoms with Gasteiger partial charge in [0.25, 0.3) is 5.91 Å². The first-order valence-electron chi connectivity index (χ1n) is 13.9. The molecule has 1 saturated carbocycles. The van der Waals surface area contributed by atoms with E-state index in [2.05, 4.69) is 17.6 Å². The van der Waals surface area contributed by atoms with Crippen molar-refractivity contribution in [3.05, 3.63) is 39.7 Å². The van der Waals surface area contributed by atoms with Crippen LogP contribution in [-0.2, 0) is 20.8 Å². The zero-order valence-corrected chi connectivity index (χ0v) is 22.8. The second-order valence-electron chi connectivity index (χ2n) is 10.7. The van der Waals surface area contributed by atoms with Crippen molar-refractivity contribution in [1.29, 1.82) is 0 Å². The monoisotopic (exact) mass is 541 g/mol. The number of fused-ring (bicyclic) bond motifs is 2. The SMILES string of the molecule is CCCCc1cc(=O)oc2c(C)c(OCC(=O)NCC(=O)NCC(=O)N3CC[C@@]4(O)CCCC[C@H]4C3)ccc12. The Labute approximate surface area is 228 Å². The lowest BCUT2D eigenvalue weighted by Gasteiger charge is -2.47. The van der Waals surface area contributed by atoms with E-state index < -0.39 is 23.0 Å². The van der Waals surface area contributed by atoms with E-state index >= 15 is 0 Å². The maximum Gasteiger partial charge on any atom is 0.336 e. The van der Waals surface area contributed by atoms with Crippen LogP contribution in [0.2, 0.25) is 0 Å². The molecule has 2 fully saturated rings. The van der Waals surface area contributed by atoms with Crippen LogP contribution in [0.4, 0.5) is 0 Å². The van der Waals surface area contributed by atoms with Crippen LogP contribution >= 0.6 is 0 Å². The second kappa shape index (κ2) is 12.6. The smallest absolute Gasteiger partial charge is 0.336 e.